The minimum Gasteiger partial charge on any atom is -0.480 e. The number of ether oxygens (including phenoxy) is 2. The van der Waals surface area contributed by atoms with E-state index in [1.165, 1.54) is 12.0 Å². The molecule has 2 aromatic rings. The molecule has 0 radical (unpaired) electrons. The molecule has 35 heavy (non-hydrogen) atoms. The summed E-state index contributed by atoms with van der Waals surface area (Å²) in [5, 5.41) is 12.0. The first kappa shape index (κ1) is 24.7. The highest BCUT2D eigenvalue weighted by Crippen LogP contribution is 2.44. The number of carbonyl (C=O) groups is 3. The number of aliphatic carboxylic acids is 1. The number of methoxy groups -OCH3 is 1. The average molecular weight is 481 g/mol. The monoisotopic (exact) mass is 480 g/mol. The second-order valence-corrected chi connectivity index (χ2v) is 9.06. The topological polar surface area (TPSA) is 105 Å². The van der Waals surface area contributed by atoms with Gasteiger partial charge in [0.05, 0.1) is 0 Å². The average Bonchev–Trinajstić information content (AvgIpc) is 3.50. The third-order valence-electron chi connectivity index (χ3n) is 6.93. The van der Waals surface area contributed by atoms with Crippen LogP contribution in [0.2, 0.25) is 0 Å². The second-order valence-electron chi connectivity index (χ2n) is 9.06. The standard InChI is InChI=1S/C27H32N2O6/c1-34-24(26(32)29(16-25(30)31)18-8-2-3-9-18)14-15-28-27(33)35-17-23-21-12-6-4-10-19(21)20-11-5-7-13-22(20)23/h4-7,10-13,18,23-24H,2-3,8-9,14-17H2,1H3,(H,28,33)(H,30,31). The van der Waals surface area contributed by atoms with E-state index in [9.17, 15) is 19.5 Å². The molecule has 2 N–H and O–H groups in total. The van der Waals surface area contributed by atoms with Crippen molar-refractivity contribution >= 4 is 18.0 Å². The van der Waals surface area contributed by atoms with Gasteiger partial charge in [-0.1, -0.05) is 61.4 Å². The molecule has 1 unspecified atom stereocenters. The van der Waals surface area contributed by atoms with E-state index in [1.807, 2.05) is 24.3 Å². The molecular weight excluding hydrogens is 448 g/mol. The zero-order valence-electron chi connectivity index (χ0n) is 19.9. The lowest BCUT2D eigenvalue weighted by Crippen LogP contribution is -2.48. The predicted octanol–water partition coefficient (Wildman–Crippen LogP) is 3.79. The Morgan fingerprint density at radius 2 is 1.63 bits per heavy atom. The van der Waals surface area contributed by atoms with Crippen molar-refractivity contribution in [1.82, 2.24) is 10.2 Å². The molecule has 2 aliphatic rings. The van der Waals surface area contributed by atoms with Crippen LogP contribution < -0.4 is 5.32 Å². The van der Waals surface area contributed by atoms with Crippen molar-refractivity contribution in [3.8, 4) is 11.1 Å². The van der Waals surface area contributed by atoms with Crippen LogP contribution in [0.3, 0.4) is 0 Å². The lowest BCUT2D eigenvalue weighted by molar-refractivity contribution is -0.152. The van der Waals surface area contributed by atoms with Gasteiger partial charge >= 0.3 is 12.1 Å². The van der Waals surface area contributed by atoms with Gasteiger partial charge in [0.25, 0.3) is 5.91 Å². The van der Waals surface area contributed by atoms with Gasteiger partial charge in [-0.3, -0.25) is 9.59 Å². The Hall–Kier alpha value is -3.39. The van der Waals surface area contributed by atoms with Crippen molar-refractivity contribution in [3.05, 3.63) is 59.7 Å². The van der Waals surface area contributed by atoms with Crippen LogP contribution in [0.4, 0.5) is 4.79 Å². The van der Waals surface area contributed by atoms with Crippen molar-refractivity contribution in [3.63, 3.8) is 0 Å². The maximum absolute atomic E-state index is 13.0. The van der Waals surface area contributed by atoms with E-state index in [-0.39, 0.29) is 44.0 Å². The summed E-state index contributed by atoms with van der Waals surface area (Å²) in [6, 6.07) is 16.2. The molecule has 2 amide bonds. The van der Waals surface area contributed by atoms with Crippen LogP contribution in [0.5, 0.6) is 0 Å². The van der Waals surface area contributed by atoms with Crippen molar-refractivity contribution < 1.29 is 29.0 Å². The van der Waals surface area contributed by atoms with Gasteiger partial charge in [0.15, 0.2) is 0 Å². The summed E-state index contributed by atoms with van der Waals surface area (Å²) < 4.78 is 10.9. The molecule has 0 heterocycles. The molecule has 0 aromatic heterocycles. The first-order valence-electron chi connectivity index (χ1n) is 12.1. The quantitative estimate of drug-likeness (QED) is 0.536. The van der Waals surface area contributed by atoms with Crippen LogP contribution in [0.1, 0.15) is 49.1 Å². The third kappa shape index (κ3) is 5.65. The first-order valence-corrected chi connectivity index (χ1v) is 12.1. The van der Waals surface area contributed by atoms with Crippen molar-refractivity contribution in [2.75, 3.05) is 26.8 Å². The van der Waals surface area contributed by atoms with E-state index in [0.29, 0.717) is 0 Å². The number of carboxylic acids is 1. The molecule has 0 aliphatic heterocycles. The fraction of sp³-hybridized carbons (Fsp3) is 0.444. The number of nitrogens with zero attached hydrogens (tertiary/aromatic N) is 1. The highest BCUT2D eigenvalue weighted by molar-refractivity contribution is 5.85. The summed E-state index contributed by atoms with van der Waals surface area (Å²) in [6.45, 7) is 0.0379. The molecule has 1 fully saturated rings. The highest BCUT2D eigenvalue weighted by Gasteiger charge is 2.33. The van der Waals surface area contributed by atoms with Gasteiger partial charge in [0.1, 0.15) is 19.3 Å². The molecule has 0 bridgehead atoms. The Kier molecular flexibility index (Phi) is 8.02. The number of alkyl carbamates (subject to hydrolysis) is 1. The number of hydrogen-bond acceptors (Lipinski definition) is 5. The maximum Gasteiger partial charge on any atom is 0.407 e. The van der Waals surface area contributed by atoms with E-state index in [1.54, 1.807) is 0 Å². The number of benzene rings is 2. The predicted molar refractivity (Wildman–Crippen MR) is 130 cm³/mol. The van der Waals surface area contributed by atoms with E-state index in [0.717, 1.165) is 47.9 Å². The summed E-state index contributed by atoms with van der Waals surface area (Å²) in [5.74, 6) is -1.43. The third-order valence-corrected chi connectivity index (χ3v) is 6.93. The van der Waals surface area contributed by atoms with Crippen molar-refractivity contribution in [1.29, 1.82) is 0 Å². The number of carbonyl (C=O) groups excluding carboxylic acids is 2. The minimum atomic E-state index is -1.04. The number of amides is 2. The smallest absolute Gasteiger partial charge is 0.407 e. The molecule has 1 saturated carbocycles. The molecule has 0 saturated heterocycles. The van der Waals surface area contributed by atoms with Crippen LogP contribution in [0.25, 0.3) is 11.1 Å². The first-order chi connectivity index (χ1) is 17.0. The van der Waals surface area contributed by atoms with Gasteiger partial charge < -0.3 is 24.8 Å². The molecule has 8 heteroatoms. The van der Waals surface area contributed by atoms with E-state index >= 15 is 0 Å². The lowest BCUT2D eigenvalue weighted by Gasteiger charge is -2.30. The lowest BCUT2D eigenvalue weighted by atomic mass is 9.98. The van der Waals surface area contributed by atoms with E-state index < -0.39 is 18.2 Å². The fourth-order valence-electron chi connectivity index (χ4n) is 5.23. The van der Waals surface area contributed by atoms with Crippen molar-refractivity contribution in [2.45, 2.75) is 50.2 Å². The number of hydrogen-bond donors (Lipinski definition) is 2. The summed E-state index contributed by atoms with van der Waals surface area (Å²) in [6.07, 6.45) is 2.39. The highest BCUT2D eigenvalue weighted by atomic mass is 16.5. The zero-order valence-corrected chi connectivity index (χ0v) is 19.9. The van der Waals surface area contributed by atoms with E-state index in [4.69, 9.17) is 9.47 Å². The van der Waals surface area contributed by atoms with Gasteiger partial charge in [-0.05, 0) is 35.1 Å². The summed E-state index contributed by atoms with van der Waals surface area (Å²) in [4.78, 5) is 38.1. The Bertz CT molecular complexity index is 1020. The molecule has 1 atom stereocenters. The Balaban J connectivity index is 1.29. The Morgan fingerprint density at radius 1 is 1.03 bits per heavy atom. The van der Waals surface area contributed by atoms with E-state index in [2.05, 4.69) is 29.6 Å². The van der Waals surface area contributed by atoms with Crippen LogP contribution >= 0.6 is 0 Å². The van der Waals surface area contributed by atoms with Crippen LogP contribution in [0.15, 0.2) is 48.5 Å². The van der Waals surface area contributed by atoms with Gasteiger partial charge in [-0.15, -0.1) is 0 Å². The normalized spacial score (nSPS) is 15.8. The molecule has 8 nitrogen and oxygen atoms in total. The number of fused-ring (bicyclic) bond motifs is 3. The number of nitrogens with one attached hydrogen (secondary N) is 1. The molecule has 186 valence electrons. The second kappa shape index (κ2) is 11.4. The molecule has 2 aliphatic carbocycles. The van der Waals surface area contributed by atoms with Gasteiger partial charge in [-0.2, -0.15) is 0 Å². The summed E-state index contributed by atoms with van der Waals surface area (Å²) in [7, 11) is 1.42. The number of carboxylic acid groups (broad SMARTS) is 1. The summed E-state index contributed by atoms with van der Waals surface area (Å²) in [5.41, 5.74) is 4.59. The Labute approximate surface area is 205 Å². The van der Waals surface area contributed by atoms with Gasteiger partial charge in [0, 0.05) is 32.0 Å². The van der Waals surface area contributed by atoms with Crippen molar-refractivity contribution in [2.24, 2.45) is 0 Å². The van der Waals surface area contributed by atoms with Crippen LogP contribution in [0, 0.1) is 0 Å². The zero-order chi connectivity index (χ0) is 24.8. The summed E-state index contributed by atoms with van der Waals surface area (Å²) >= 11 is 0. The molecule has 4 rings (SSSR count). The van der Waals surface area contributed by atoms with Crippen LogP contribution in [-0.4, -0.2) is 66.9 Å². The molecular formula is C27H32N2O6. The molecule has 2 aromatic carbocycles. The fourth-order valence-corrected chi connectivity index (χ4v) is 5.23. The van der Waals surface area contributed by atoms with Gasteiger partial charge in [0.2, 0.25) is 0 Å². The minimum absolute atomic E-state index is 0.0301. The Morgan fingerprint density at radius 3 is 2.20 bits per heavy atom. The molecule has 0 spiro atoms. The van der Waals surface area contributed by atoms with Gasteiger partial charge in [-0.25, -0.2) is 4.79 Å². The largest absolute Gasteiger partial charge is 0.480 e. The van der Waals surface area contributed by atoms with Crippen LogP contribution in [-0.2, 0) is 19.1 Å². The number of rotatable bonds is 10. The SMILES string of the molecule is COC(CCNC(=O)OCC1c2ccccc2-c2ccccc21)C(=O)N(CC(=O)O)C1CCCC1. The maximum atomic E-state index is 13.0.